The van der Waals surface area contributed by atoms with Gasteiger partial charge >= 0.3 is 0 Å². The van der Waals surface area contributed by atoms with Gasteiger partial charge in [0.1, 0.15) is 30.4 Å². The van der Waals surface area contributed by atoms with Crippen LogP contribution in [0.15, 0.2) is 61.2 Å². The van der Waals surface area contributed by atoms with E-state index >= 15 is 0 Å². The Bertz CT molecular complexity index is 1750. The molecule has 260 valence electrons. The lowest BCUT2D eigenvalue weighted by Gasteiger charge is -2.50. The van der Waals surface area contributed by atoms with Crippen molar-refractivity contribution < 1.29 is 18.4 Å². The van der Waals surface area contributed by atoms with E-state index in [9.17, 15) is 8.78 Å². The van der Waals surface area contributed by atoms with Crippen LogP contribution in [0.25, 0.3) is 11.1 Å². The van der Waals surface area contributed by atoms with Crippen molar-refractivity contribution in [2.75, 3.05) is 61.9 Å². The van der Waals surface area contributed by atoms with Crippen LogP contribution < -0.4 is 20.0 Å². The highest BCUT2D eigenvalue weighted by Gasteiger charge is 2.41. The van der Waals surface area contributed by atoms with E-state index in [0.29, 0.717) is 29.4 Å². The Morgan fingerprint density at radius 2 is 1.76 bits per heavy atom. The molecule has 1 N–H and O–H groups in total. The predicted molar refractivity (Wildman–Crippen MR) is 187 cm³/mol. The summed E-state index contributed by atoms with van der Waals surface area (Å²) in [5, 5.41) is 9.74. The number of benzene rings is 2. The molecule has 2 aromatic carbocycles. The lowest BCUT2D eigenvalue weighted by molar-refractivity contribution is 0.0112. The van der Waals surface area contributed by atoms with Crippen LogP contribution in [0.3, 0.4) is 0 Å². The van der Waals surface area contributed by atoms with Gasteiger partial charge < -0.3 is 15.0 Å². The molecule has 0 bridgehead atoms. The summed E-state index contributed by atoms with van der Waals surface area (Å²) in [4.78, 5) is 19.8. The van der Waals surface area contributed by atoms with E-state index in [4.69, 9.17) is 9.57 Å². The summed E-state index contributed by atoms with van der Waals surface area (Å²) >= 11 is 0. The number of methoxy groups -OCH3 is 1. The average molecular weight is 673 g/mol. The summed E-state index contributed by atoms with van der Waals surface area (Å²) in [6.45, 7) is 8.02. The maximum atomic E-state index is 13.7. The monoisotopic (exact) mass is 672 g/mol. The molecule has 1 atom stereocenters. The van der Waals surface area contributed by atoms with Crippen LogP contribution in [0.5, 0.6) is 5.75 Å². The van der Waals surface area contributed by atoms with Gasteiger partial charge in [-0.2, -0.15) is 5.10 Å². The number of piperidine rings is 2. The predicted octanol–water partition coefficient (Wildman–Crippen LogP) is 7.08. The Labute approximate surface area is 287 Å². The van der Waals surface area contributed by atoms with Crippen LogP contribution in [0, 0.1) is 11.2 Å². The molecule has 10 nitrogen and oxygen atoms in total. The molecule has 2 aromatic heterocycles. The molecule has 49 heavy (non-hydrogen) atoms. The summed E-state index contributed by atoms with van der Waals surface area (Å²) in [5.74, 6) is 1.62. The molecular formula is C37H46F2N8O2. The van der Waals surface area contributed by atoms with Crippen molar-refractivity contribution in [1.82, 2.24) is 24.6 Å². The number of nitrogens with one attached hydrogen (secondary N) is 1. The molecule has 3 aliphatic heterocycles. The highest BCUT2D eigenvalue weighted by molar-refractivity contribution is 5.85. The fraction of sp³-hybridized carbons (Fsp3) is 0.486. The first kappa shape index (κ1) is 33.2. The molecule has 3 fully saturated rings. The second-order valence-electron chi connectivity index (χ2n) is 14.3. The summed E-state index contributed by atoms with van der Waals surface area (Å²) in [6, 6.07) is 12.5. The number of anilines is 4. The second kappa shape index (κ2) is 13.5. The molecule has 12 heteroatoms. The SMILES string of the molecule is COc1cc(N2CCC3(CC2)CCN(C(C)(C)CF)CC3)c(-c2cnn(C)c2)cc1Nc1cc(N2OCC[C@@H]2c2ccc(F)cc2)ncn1. The third kappa shape index (κ3) is 6.81. The number of alkyl halides is 1. The van der Waals surface area contributed by atoms with Gasteiger partial charge in [0, 0.05) is 67.2 Å². The van der Waals surface area contributed by atoms with Gasteiger partial charge in [-0.1, -0.05) is 12.1 Å². The van der Waals surface area contributed by atoms with E-state index in [1.807, 2.05) is 44.0 Å². The molecule has 0 saturated carbocycles. The molecule has 3 saturated heterocycles. The Hall–Kier alpha value is -4.29. The highest BCUT2D eigenvalue weighted by Crippen LogP contribution is 2.47. The summed E-state index contributed by atoms with van der Waals surface area (Å²) in [6.07, 6.45) is 10.6. The summed E-state index contributed by atoms with van der Waals surface area (Å²) in [5.41, 5.74) is 4.82. The van der Waals surface area contributed by atoms with Gasteiger partial charge in [-0.3, -0.25) is 14.4 Å². The van der Waals surface area contributed by atoms with Crippen molar-refractivity contribution >= 4 is 23.0 Å². The van der Waals surface area contributed by atoms with Crippen molar-refractivity contribution in [3.8, 4) is 16.9 Å². The maximum Gasteiger partial charge on any atom is 0.158 e. The van der Waals surface area contributed by atoms with E-state index in [2.05, 4.69) is 42.3 Å². The third-order valence-electron chi connectivity index (χ3n) is 10.8. The van der Waals surface area contributed by atoms with Gasteiger partial charge in [0.2, 0.25) is 0 Å². The standard InChI is InChI=1S/C37H46F2N8O2/c1-36(2,24-38)46-16-12-37(13-17-46)10-14-45(15-11-37)32-20-33(48-4)30(19-29(32)27-22-42-44(3)23-27)43-34-21-35(41-25-40-34)47-31(9-18-49-47)26-5-7-28(39)8-6-26/h5-8,19-23,25,31H,9-18,24H2,1-4H3,(H,40,41,43)/t31-/m1/s1. The van der Waals surface area contributed by atoms with Crippen LogP contribution in [0.4, 0.5) is 31.8 Å². The first-order valence-corrected chi connectivity index (χ1v) is 17.2. The molecule has 0 aliphatic carbocycles. The Kier molecular flexibility index (Phi) is 9.19. The van der Waals surface area contributed by atoms with Crippen LogP contribution >= 0.6 is 0 Å². The Morgan fingerprint density at radius 1 is 1.02 bits per heavy atom. The largest absolute Gasteiger partial charge is 0.494 e. The summed E-state index contributed by atoms with van der Waals surface area (Å²) < 4.78 is 35.1. The van der Waals surface area contributed by atoms with E-state index < -0.39 is 5.54 Å². The quantitative estimate of drug-likeness (QED) is 0.201. The van der Waals surface area contributed by atoms with E-state index in [-0.39, 0.29) is 18.5 Å². The molecular weight excluding hydrogens is 626 g/mol. The number of hydrogen-bond donors (Lipinski definition) is 1. The van der Waals surface area contributed by atoms with E-state index in [1.165, 1.54) is 18.5 Å². The van der Waals surface area contributed by atoms with Gasteiger partial charge in [-0.25, -0.2) is 23.8 Å². The van der Waals surface area contributed by atoms with Crippen molar-refractivity contribution in [1.29, 1.82) is 0 Å². The molecule has 0 amide bonds. The van der Waals surface area contributed by atoms with Crippen LogP contribution in [0.2, 0.25) is 0 Å². The molecule has 0 radical (unpaired) electrons. The lowest BCUT2D eigenvalue weighted by Crippen LogP contribution is -2.53. The van der Waals surface area contributed by atoms with Crippen LogP contribution in [0.1, 0.15) is 57.6 Å². The van der Waals surface area contributed by atoms with Crippen molar-refractivity contribution in [2.24, 2.45) is 12.5 Å². The second-order valence-corrected chi connectivity index (χ2v) is 14.3. The topological polar surface area (TPSA) is 83.8 Å². The minimum atomic E-state index is -0.394. The minimum Gasteiger partial charge on any atom is -0.494 e. The number of hydroxylamine groups is 1. The van der Waals surface area contributed by atoms with E-state index in [0.717, 1.165) is 86.3 Å². The van der Waals surface area contributed by atoms with Crippen molar-refractivity contribution in [3.63, 3.8) is 0 Å². The zero-order valence-electron chi connectivity index (χ0n) is 28.8. The highest BCUT2D eigenvalue weighted by atomic mass is 19.1. The van der Waals surface area contributed by atoms with Gasteiger partial charge in [0.15, 0.2) is 5.82 Å². The van der Waals surface area contributed by atoms with Crippen LogP contribution in [-0.2, 0) is 11.9 Å². The zero-order valence-corrected chi connectivity index (χ0v) is 28.8. The Morgan fingerprint density at radius 3 is 2.43 bits per heavy atom. The molecule has 7 rings (SSSR count). The zero-order chi connectivity index (χ0) is 34.2. The van der Waals surface area contributed by atoms with Gasteiger partial charge in [0.05, 0.1) is 31.6 Å². The van der Waals surface area contributed by atoms with Crippen molar-refractivity contribution in [3.05, 3.63) is 72.6 Å². The number of aryl methyl sites for hydroxylation is 1. The molecule has 3 aliphatic rings. The first-order valence-electron chi connectivity index (χ1n) is 17.2. The number of nitrogens with zero attached hydrogens (tertiary/aromatic N) is 7. The number of hydrogen-bond acceptors (Lipinski definition) is 9. The molecule has 0 unspecified atom stereocenters. The number of halogens is 2. The Balaban J connectivity index is 1.13. The number of rotatable bonds is 9. The van der Waals surface area contributed by atoms with Gasteiger partial charge in [0.25, 0.3) is 0 Å². The number of ether oxygens (including phenoxy) is 1. The normalized spacial score (nSPS) is 19.8. The average Bonchev–Trinajstić information content (AvgIpc) is 3.79. The number of likely N-dealkylation sites (tertiary alicyclic amines) is 1. The van der Waals surface area contributed by atoms with E-state index in [1.54, 1.807) is 24.3 Å². The molecule has 4 aromatic rings. The van der Waals surface area contributed by atoms with Crippen molar-refractivity contribution in [2.45, 2.75) is 57.5 Å². The third-order valence-corrected chi connectivity index (χ3v) is 10.8. The lowest BCUT2D eigenvalue weighted by atomic mass is 9.70. The maximum absolute atomic E-state index is 13.7. The number of aromatic nitrogens is 4. The fourth-order valence-electron chi connectivity index (χ4n) is 7.64. The minimum absolute atomic E-state index is 0.0902. The summed E-state index contributed by atoms with van der Waals surface area (Å²) in [7, 11) is 3.61. The van der Waals surface area contributed by atoms with Gasteiger partial charge in [-0.15, -0.1) is 0 Å². The fourth-order valence-corrected chi connectivity index (χ4v) is 7.64. The molecule has 5 heterocycles. The smallest absolute Gasteiger partial charge is 0.158 e. The molecule has 1 spiro atoms. The van der Waals surface area contributed by atoms with Crippen LogP contribution in [-0.4, -0.2) is 76.8 Å². The first-order chi connectivity index (χ1) is 23.7. The van der Waals surface area contributed by atoms with Gasteiger partial charge in [-0.05, 0) is 81.8 Å².